The minimum absolute atomic E-state index is 0.0875. The standard InChI is InChI=1S/C16H23BN4O4/c1-11-13(17-24-15(2,3)16(4,5)25-17)10-21(19-11)12-8-20(9-12)14(22)23-7-6-18/h10,12H,7-9H2,1-5H3. The van der Waals surface area contributed by atoms with Gasteiger partial charge in [0.25, 0.3) is 0 Å². The summed E-state index contributed by atoms with van der Waals surface area (Å²) in [5.41, 5.74) is 0.960. The highest BCUT2D eigenvalue weighted by molar-refractivity contribution is 6.62. The van der Waals surface area contributed by atoms with Gasteiger partial charge in [-0.2, -0.15) is 10.4 Å². The smallest absolute Gasteiger partial charge is 0.434 e. The number of nitriles is 1. The first-order chi connectivity index (χ1) is 11.6. The highest BCUT2D eigenvalue weighted by atomic mass is 16.7. The minimum Gasteiger partial charge on any atom is -0.434 e. The lowest BCUT2D eigenvalue weighted by Gasteiger charge is -2.37. The first-order valence-corrected chi connectivity index (χ1v) is 8.34. The summed E-state index contributed by atoms with van der Waals surface area (Å²) in [5, 5.41) is 13.0. The highest BCUT2D eigenvalue weighted by Gasteiger charge is 2.52. The van der Waals surface area contributed by atoms with Crippen molar-refractivity contribution >= 4 is 18.7 Å². The number of hydrogen-bond donors (Lipinski definition) is 0. The van der Waals surface area contributed by atoms with E-state index >= 15 is 0 Å². The summed E-state index contributed by atoms with van der Waals surface area (Å²) in [6.45, 7) is 10.8. The third-order valence-corrected chi connectivity index (χ3v) is 5.22. The Kier molecular flexibility index (Phi) is 4.29. The Morgan fingerprint density at radius 2 is 2.00 bits per heavy atom. The molecule has 0 radical (unpaired) electrons. The summed E-state index contributed by atoms with van der Waals surface area (Å²) in [6.07, 6.45) is 1.47. The predicted molar refractivity (Wildman–Crippen MR) is 90.3 cm³/mol. The number of nitrogens with zero attached hydrogens (tertiary/aromatic N) is 4. The van der Waals surface area contributed by atoms with E-state index in [0.29, 0.717) is 13.1 Å². The molecule has 0 saturated carbocycles. The van der Waals surface area contributed by atoms with Gasteiger partial charge in [-0.3, -0.25) is 4.68 Å². The molecule has 0 spiro atoms. The van der Waals surface area contributed by atoms with E-state index in [2.05, 4.69) is 5.10 Å². The van der Waals surface area contributed by atoms with Gasteiger partial charge in [-0.15, -0.1) is 0 Å². The SMILES string of the molecule is Cc1nn(C2CN(C(=O)OCC#N)C2)cc1B1OC(C)(C)C(C)(C)O1. The van der Waals surface area contributed by atoms with Gasteiger partial charge in [-0.25, -0.2) is 4.79 Å². The average Bonchev–Trinajstić information content (AvgIpc) is 2.92. The molecule has 1 aromatic rings. The van der Waals surface area contributed by atoms with Crippen molar-refractivity contribution in [2.75, 3.05) is 19.7 Å². The summed E-state index contributed by atoms with van der Waals surface area (Å²) in [6, 6.07) is 1.87. The molecular formula is C16H23BN4O4. The molecule has 2 aliphatic rings. The summed E-state index contributed by atoms with van der Waals surface area (Å²) in [4.78, 5) is 13.2. The van der Waals surface area contributed by atoms with Crippen LogP contribution in [-0.4, -0.2) is 58.8 Å². The maximum absolute atomic E-state index is 11.7. The molecule has 0 N–H and O–H groups in total. The monoisotopic (exact) mass is 346 g/mol. The molecule has 1 aromatic heterocycles. The number of carbonyl (C=O) groups is 1. The lowest BCUT2D eigenvalue weighted by Crippen LogP contribution is -2.51. The third kappa shape index (κ3) is 3.12. The second-order valence-electron chi connectivity index (χ2n) is 7.51. The van der Waals surface area contributed by atoms with Crippen LogP contribution in [0.5, 0.6) is 0 Å². The van der Waals surface area contributed by atoms with E-state index in [1.54, 1.807) is 11.0 Å². The van der Waals surface area contributed by atoms with Crippen molar-refractivity contribution < 1.29 is 18.8 Å². The molecular weight excluding hydrogens is 323 g/mol. The van der Waals surface area contributed by atoms with Gasteiger partial charge in [0, 0.05) is 24.7 Å². The van der Waals surface area contributed by atoms with E-state index in [9.17, 15) is 4.79 Å². The second-order valence-corrected chi connectivity index (χ2v) is 7.51. The van der Waals surface area contributed by atoms with E-state index < -0.39 is 24.4 Å². The Bertz CT molecular complexity index is 702. The first-order valence-electron chi connectivity index (χ1n) is 8.34. The lowest BCUT2D eigenvalue weighted by atomic mass is 9.79. The average molecular weight is 346 g/mol. The fraction of sp³-hybridized carbons (Fsp3) is 0.688. The van der Waals surface area contributed by atoms with Gasteiger partial charge in [-0.1, -0.05) is 0 Å². The molecule has 2 saturated heterocycles. The van der Waals surface area contributed by atoms with Crippen LogP contribution in [0.1, 0.15) is 39.4 Å². The zero-order valence-electron chi connectivity index (χ0n) is 15.3. The molecule has 2 aliphatic heterocycles. The van der Waals surface area contributed by atoms with Crippen molar-refractivity contribution in [2.24, 2.45) is 0 Å². The molecule has 3 heterocycles. The molecule has 2 fully saturated rings. The number of carbonyl (C=O) groups excluding carboxylic acids is 1. The largest absolute Gasteiger partial charge is 0.498 e. The maximum atomic E-state index is 11.7. The number of aromatic nitrogens is 2. The van der Waals surface area contributed by atoms with Gasteiger partial charge in [0.05, 0.1) is 22.9 Å². The second kappa shape index (κ2) is 6.04. The Morgan fingerprint density at radius 1 is 1.40 bits per heavy atom. The van der Waals surface area contributed by atoms with Crippen LogP contribution in [0, 0.1) is 18.3 Å². The molecule has 0 atom stereocenters. The van der Waals surface area contributed by atoms with Crippen LogP contribution in [0.4, 0.5) is 4.79 Å². The van der Waals surface area contributed by atoms with E-state index in [1.165, 1.54) is 0 Å². The zero-order valence-corrected chi connectivity index (χ0v) is 15.3. The quantitative estimate of drug-likeness (QED) is 0.759. The van der Waals surface area contributed by atoms with E-state index in [1.807, 2.05) is 45.5 Å². The van der Waals surface area contributed by atoms with Crippen molar-refractivity contribution in [1.29, 1.82) is 5.26 Å². The van der Waals surface area contributed by atoms with Crippen molar-refractivity contribution in [3.63, 3.8) is 0 Å². The first kappa shape index (κ1) is 17.8. The minimum atomic E-state index is -0.465. The van der Waals surface area contributed by atoms with Crippen LogP contribution < -0.4 is 5.46 Å². The molecule has 25 heavy (non-hydrogen) atoms. The van der Waals surface area contributed by atoms with Gasteiger partial charge in [-0.05, 0) is 34.6 Å². The van der Waals surface area contributed by atoms with Crippen LogP contribution in [-0.2, 0) is 14.0 Å². The molecule has 0 unspecified atom stereocenters. The number of hydrogen-bond acceptors (Lipinski definition) is 6. The summed E-state index contributed by atoms with van der Waals surface area (Å²) < 4.78 is 18.8. The van der Waals surface area contributed by atoms with Gasteiger partial charge in [0.1, 0.15) is 6.07 Å². The molecule has 0 bridgehead atoms. The Hall–Kier alpha value is -2.05. The Morgan fingerprint density at radius 3 is 2.56 bits per heavy atom. The molecule has 9 heteroatoms. The summed E-state index contributed by atoms with van der Waals surface area (Å²) in [5.74, 6) is 0. The van der Waals surface area contributed by atoms with Crippen LogP contribution in [0.25, 0.3) is 0 Å². The Balaban J connectivity index is 1.65. The summed E-state index contributed by atoms with van der Waals surface area (Å²) in [7, 11) is -0.449. The van der Waals surface area contributed by atoms with Crippen molar-refractivity contribution in [1.82, 2.24) is 14.7 Å². The van der Waals surface area contributed by atoms with Gasteiger partial charge >= 0.3 is 13.2 Å². The molecule has 8 nitrogen and oxygen atoms in total. The highest BCUT2D eigenvalue weighted by Crippen LogP contribution is 2.36. The van der Waals surface area contributed by atoms with Crippen LogP contribution in [0.2, 0.25) is 0 Å². The van der Waals surface area contributed by atoms with Crippen LogP contribution in [0.15, 0.2) is 6.20 Å². The number of likely N-dealkylation sites (tertiary alicyclic amines) is 1. The van der Waals surface area contributed by atoms with E-state index in [-0.39, 0.29) is 12.6 Å². The van der Waals surface area contributed by atoms with Gasteiger partial charge in [0.2, 0.25) is 0 Å². The van der Waals surface area contributed by atoms with Crippen molar-refractivity contribution in [3.05, 3.63) is 11.9 Å². The number of aryl methyl sites for hydroxylation is 1. The van der Waals surface area contributed by atoms with Crippen LogP contribution in [0.3, 0.4) is 0 Å². The van der Waals surface area contributed by atoms with Gasteiger partial charge < -0.3 is 18.9 Å². The zero-order chi connectivity index (χ0) is 18.4. The topological polar surface area (TPSA) is 89.6 Å². The molecule has 3 rings (SSSR count). The van der Waals surface area contributed by atoms with Crippen molar-refractivity contribution in [3.8, 4) is 6.07 Å². The predicted octanol–water partition coefficient (Wildman–Crippen LogP) is 1.01. The maximum Gasteiger partial charge on any atom is 0.498 e. The Labute approximate surface area is 147 Å². The van der Waals surface area contributed by atoms with Crippen LogP contribution >= 0.6 is 0 Å². The van der Waals surface area contributed by atoms with E-state index in [4.69, 9.17) is 19.3 Å². The van der Waals surface area contributed by atoms with Gasteiger partial charge in [0.15, 0.2) is 6.61 Å². The summed E-state index contributed by atoms with van der Waals surface area (Å²) >= 11 is 0. The molecule has 1 amide bonds. The van der Waals surface area contributed by atoms with E-state index in [0.717, 1.165) is 11.2 Å². The molecule has 134 valence electrons. The molecule has 0 aliphatic carbocycles. The number of amides is 1. The number of rotatable bonds is 3. The lowest BCUT2D eigenvalue weighted by molar-refractivity contribution is 0.00578. The fourth-order valence-electron chi connectivity index (χ4n) is 2.84. The third-order valence-electron chi connectivity index (χ3n) is 5.22. The van der Waals surface area contributed by atoms with Crippen molar-refractivity contribution in [2.45, 2.75) is 51.9 Å². The normalized spacial score (nSPS) is 21.8. The number of ether oxygens (including phenoxy) is 1. The molecule has 0 aromatic carbocycles. The fourth-order valence-corrected chi connectivity index (χ4v) is 2.84.